The molecule has 5 heteroatoms. The maximum absolute atomic E-state index is 6.28. The lowest BCUT2D eigenvalue weighted by Crippen LogP contribution is -2.49. The lowest BCUT2D eigenvalue weighted by Gasteiger charge is -2.36. The van der Waals surface area contributed by atoms with Gasteiger partial charge in [-0.1, -0.05) is 35.9 Å². The highest BCUT2D eigenvalue weighted by Crippen LogP contribution is 2.24. The molecule has 1 aromatic heterocycles. The number of likely N-dealkylation sites (N-methyl/N-ethyl adjacent to an activating group) is 1. The third-order valence-corrected chi connectivity index (χ3v) is 4.72. The minimum absolute atomic E-state index is 0.487. The minimum atomic E-state index is 0.487. The Kier molecular flexibility index (Phi) is 4.81. The topological polar surface area (TPSA) is 31.4 Å². The summed E-state index contributed by atoms with van der Waals surface area (Å²) in [7, 11) is 2.18. The van der Waals surface area contributed by atoms with Gasteiger partial charge in [0.25, 0.3) is 0 Å². The van der Waals surface area contributed by atoms with Crippen LogP contribution in [0.5, 0.6) is 0 Å². The quantitative estimate of drug-likeness (QED) is 0.878. The average molecular weight is 319 g/mol. The van der Waals surface area contributed by atoms with Gasteiger partial charge in [-0.05, 0) is 25.4 Å². The van der Waals surface area contributed by atoms with Gasteiger partial charge < -0.3 is 10.2 Å². The SMILES string of the molecule is CC(CNc1cc2ccccc2c(Cl)n1)N1CCN(C)CC1. The van der Waals surface area contributed by atoms with Crippen molar-refractivity contribution in [1.29, 1.82) is 0 Å². The third kappa shape index (κ3) is 3.51. The summed E-state index contributed by atoms with van der Waals surface area (Å²) in [4.78, 5) is 9.36. The number of nitrogens with zero attached hydrogens (tertiary/aromatic N) is 3. The van der Waals surface area contributed by atoms with Crippen molar-refractivity contribution < 1.29 is 0 Å². The number of aromatic nitrogens is 1. The first-order valence-electron chi connectivity index (χ1n) is 7.85. The molecule has 1 aliphatic heterocycles. The number of pyridine rings is 1. The fourth-order valence-corrected chi connectivity index (χ4v) is 3.15. The molecule has 0 amide bonds. The summed E-state index contributed by atoms with van der Waals surface area (Å²) < 4.78 is 0. The van der Waals surface area contributed by atoms with Crippen LogP contribution in [0, 0.1) is 0 Å². The molecule has 1 atom stereocenters. The first kappa shape index (κ1) is 15.5. The van der Waals surface area contributed by atoms with Crippen molar-refractivity contribution in [2.45, 2.75) is 13.0 Å². The predicted molar refractivity (Wildman–Crippen MR) is 93.8 cm³/mol. The van der Waals surface area contributed by atoms with Gasteiger partial charge in [-0.3, -0.25) is 4.90 Å². The molecule has 1 fully saturated rings. The summed E-state index contributed by atoms with van der Waals surface area (Å²) in [5.41, 5.74) is 0. The Labute approximate surface area is 137 Å². The second-order valence-corrected chi connectivity index (χ2v) is 6.45. The Bertz CT molecular complexity index is 638. The van der Waals surface area contributed by atoms with E-state index >= 15 is 0 Å². The zero-order valence-electron chi connectivity index (χ0n) is 13.2. The maximum atomic E-state index is 6.28. The van der Waals surface area contributed by atoms with Crippen molar-refractivity contribution in [3.05, 3.63) is 35.5 Å². The summed E-state index contributed by atoms with van der Waals surface area (Å²) in [6, 6.07) is 10.6. The van der Waals surface area contributed by atoms with Crippen LogP contribution in [0.3, 0.4) is 0 Å². The van der Waals surface area contributed by atoms with Crippen LogP contribution in [-0.2, 0) is 0 Å². The first-order valence-corrected chi connectivity index (χ1v) is 8.23. The number of piperazine rings is 1. The van der Waals surface area contributed by atoms with Gasteiger partial charge in [0.2, 0.25) is 0 Å². The molecule has 2 aromatic rings. The van der Waals surface area contributed by atoms with Crippen LogP contribution < -0.4 is 5.32 Å². The van der Waals surface area contributed by atoms with Crippen molar-refractivity contribution in [2.24, 2.45) is 0 Å². The van der Waals surface area contributed by atoms with Gasteiger partial charge >= 0.3 is 0 Å². The second-order valence-electron chi connectivity index (χ2n) is 6.09. The van der Waals surface area contributed by atoms with Crippen LogP contribution in [0.1, 0.15) is 6.92 Å². The Morgan fingerprint density at radius 2 is 1.95 bits per heavy atom. The van der Waals surface area contributed by atoms with Crippen LogP contribution in [0.2, 0.25) is 5.15 Å². The lowest BCUT2D eigenvalue weighted by atomic mass is 10.2. The number of anilines is 1. The molecule has 0 saturated carbocycles. The molecule has 0 spiro atoms. The molecule has 1 unspecified atom stereocenters. The van der Waals surface area contributed by atoms with E-state index in [1.807, 2.05) is 18.2 Å². The van der Waals surface area contributed by atoms with E-state index < -0.39 is 0 Å². The normalized spacial score (nSPS) is 18.5. The van der Waals surface area contributed by atoms with Gasteiger partial charge in [0.1, 0.15) is 11.0 Å². The van der Waals surface area contributed by atoms with Gasteiger partial charge in [0, 0.05) is 44.2 Å². The number of halogens is 1. The van der Waals surface area contributed by atoms with Gasteiger partial charge in [0.15, 0.2) is 0 Å². The van der Waals surface area contributed by atoms with Crippen LogP contribution in [0.25, 0.3) is 10.8 Å². The van der Waals surface area contributed by atoms with E-state index in [-0.39, 0.29) is 0 Å². The largest absolute Gasteiger partial charge is 0.368 e. The molecule has 118 valence electrons. The molecule has 1 aromatic carbocycles. The second kappa shape index (κ2) is 6.82. The molecule has 0 bridgehead atoms. The highest BCUT2D eigenvalue weighted by molar-refractivity contribution is 6.34. The zero-order chi connectivity index (χ0) is 15.5. The van der Waals surface area contributed by atoms with E-state index in [2.05, 4.69) is 46.2 Å². The fourth-order valence-electron chi connectivity index (χ4n) is 2.89. The molecule has 3 rings (SSSR count). The fraction of sp³-hybridized carbons (Fsp3) is 0.471. The maximum Gasteiger partial charge on any atom is 0.139 e. The summed E-state index contributed by atoms with van der Waals surface area (Å²) in [6.07, 6.45) is 0. The standard InChI is InChI=1S/C17H23ClN4/c1-13(22-9-7-21(2)8-10-22)12-19-16-11-14-5-3-4-6-15(14)17(18)20-16/h3-6,11,13H,7-10,12H2,1-2H3,(H,19,20). The number of nitrogens with one attached hydrogen (secondary N) is 1. The van der Waals surface area contributed by atoms with Crippen molar-refractivity contribution in [3.8, 4) is 0 Å². The highest BCUT2D eigenvalue weighted by Gasteiger charge is 2.18. The Morgan fingerprint density at radius 1 is 1.23 bits per heavy atom. The molecular weight excluding hydrogens is 296 g/mol. The van der Waals surface area contributed by atoms with Gasteiger partial charge in [-0.25, -0.2) is 4.98 Å². The lowest BCUT2D eigenvalue weighted by molar-refractivity contribution is 0.123. The summed E-state index contributed by atoms with van der Waals surface area (Å²) >= 11 is 6.28. The summed E-state index contributed by atoms with van der Waals surface area (Å²) in [5, 5.41) is 6.12. The molecule has 0 aliphatic carbocycles. The Balaban J connectivity index is 1.63. The number of hydrogen-bond donors (Lipinski definition) is 1. The molecule has 4 nitrogen and oxygen atoms in total. The number of fused-ring (bicyclic) bond motifs is 1. The molecule has 1 N–H and O–H groups in total. The molecule has 0 radical (unpaired) electrons. The van der Waals surface area contributed by atoms with E-state index in [1.165, 1.54) is 0 Å². The summed E-state index contributed by atoms with van der Waals surface area (Å²) in [5.74, 6) is 0.852. The first-order chi connectivity index (χ1) is 10.6. The van der Waals surface area contributed by atoms with E-state index in [4.69, 9.17) is 11.6 Å². The average Bonchev–Trinajstić information content (AvgIpc) is 2.53. The van der Waals surface area contributed by atoms with E-state index in [9.17, 15) is 0 Å². The number of hydrogen-bond acceptors (Lipinski definition) is 4. The summed E-state index contributed by atoms with van der Waals surface area (Å²) in [6.45, 7) is 7.69. The molecule has 2 heterocycles. The minimum Gasteiger partial charge on any atom is -0.368 e. The Morgan fingerprint density at radius 3 is 2.73 bits per heavy atom. The highest BCUT2D eigenvalue weighted by atomic mass is 35.5. The van der Waals surface area contributed by atoms with Gasteiger partial charge in [0.05, 0.1) is 0 Å². The van der Waals surface area contributed by atoms with Crippen LogP contribution in [0.15, 0.2) is 30.3 Å². The van der Waals surface area contributed by atoms with E-state index in [0.717, 1.165) is 49.3 Å². The van der Waals surface area contributed by atoms with Crippen molar-refractivity contribution in [2.75, 3.05) is 45.1 Å². The van der Waals surface area contributed by atoms with Crippen molar-refractivity contribution in [3.63, 3.8) is 0 Å². The number of benzene rings is 1. The molecule has 22 heavy (non-hydrogen) atoms. The molecule has 1 aliphatic rings. The van der Waals surface area contributed by atoms with Gasteiger partial charge in [-0.2, -0.15) is 0 Å². The van der Waals surface area contributed by atoms with Crippen molar-refractivity contribution in [1.82, 2.24) is 14.8 Å². The molecular formula is C17H23ClN4. The monoisotopic (exact) mass is 318 g/mol. The van der Waals surface area contributed by atoms with Crippen LogP contribution in [0.4, 0.5) is 5.82 Å². The molecule has 1 saturated heterocycles. The zero-order valence-corrected chi connectivity index (χ0v) is 14.0. The van der Waals surface area contributed by atoms with Crippen molar-refractivity contribution >= 4 is 28.2 Å². The predicted octanol–water partition coefficient (Wildman–Crippen LogP) is 2.94. The Hall–Kier alpha value is -1.36. The van der Waals surface area contributed by atoms with E-state index in [1.54, 1.807) is 0 Å². The van der Waals surface area contributed by atoms with Gasteiger partial charge in [-0.15, -0.1) is 0 Å². The number of rotatable bonds is 4. The van der Waals surface area contributed by atoms with Crippen LogP contribution in [-0.4, -0.2) is 60.6 Å². The smallest absolute Gasteiger partial charge is 0.139 e. The van der Waals surface area contributed by atoms with Crippen LogP contribution >= 0.6 is 11.6 Å². The van der Waals surface area contributed by atoms with E-state index in [0.29, 0.717) is 11.2 Å². The third-order valence-electron chi connectivity index (χ3n) is 4.43.